The third-order valence-electron chi connectivity index (χ3n) is 3.92. The van der Waals surface area contributed by atoms with E-state index >= 15 is 0 Å². The van der Waals surface area contributed by atoms with Crippen LogP contribution in [-0.4, -0.2) is 24.8 Å². The summed E-state index contributed by atoms with van der Waals surface area (Å²) >= 11 is 1.45. The second kappa shape index (κ2) is 4.97. The first-order chi connectivity index (χ1) is 11.8. The highest BCUT2D eigenvalue weighted by Gasteiger charge is 2.20. The maximum atomic E-state index is 5.99. The second-order valence-corrected chi connectivity index (χ2v) is 6.35. The van der Waals surface area contributed by atoms with Crippen LogP contribution in [0.25, 0.3) is 38.2 Å². The number of nitrogens with zero attached hydrogens (tertiary/aromatic N) is 5. The molecule has 6 nitrogen and oxygen atoms in total. The molecular weight excluding hydrogens is 322 g/mol. The van der Waals surface area contributed by atoms with Crippen LogP contribution in [0, 0.1) is 6.92 Å². The fourth-order valence-corrected chi connectivity index (χ4v) is 3.56. The van der Waals surface area contributed by atoms with Crippen LogP contribution in [0.5, 0.6) is 0 Å². The zero-order valence-electron chi connectivity index (χ0n) is 12.7. The largest absolute Gasteiger partial charge is 0.452 e. The van der Waals surface area contributed by atoms with E-state index in [-0.39, 0.29) is 0 Å². The Morgan fingerprint density at radius 1 is 1.04 bits per heavy atom. The molecule has 5 aromatic rings. The molecule has 0 radical (unpaired) electrons. The SMILES string of the molecule is Cc1c(-c2nnc3sc(-c4ccccn4)nn23)oc2ccccc12. The van der Waals surface area contributed by atoms with E-state index in [1.807, 2.05) is 49.4 Å². The molecule has 0 saturated heterocycles. The molecule has 4 aromatic heterocycles. The average molecular weight is 333 g/mol. The highest BCUT2D eigenvalue weighted by molar-refractivity contribution is 7.19. The number of aryl methyl sites for hydroxylation is 1. The van der Waals surface area contributed by atoms with Crippen molar-refractivity contribution in [2.75, 3.05) is 0 Å². The zero-order valence-corrected chi connectivity index (χ0v) is 13.5. The van der Waals surface area contributed by atoms with Gasteiger partial charge in [-0.2, -0.15) is 9.61 Å². The van der Waals surface area contributed by atoms with Crippen molar-refractivity contribution in [2.45, 2.75) is 6.92 Å². The van der Waals surface area contributed by atoms with Gasteiger partial charge in [0.25, 0.3) is 0 Å². The smallest absolute Gasteiger partial charge is 0.235 e. The van der Waals surface area contributed by atoms with E-state index in [0.29, 0.717) is 16.5 Å². The summed E-state index contributed by atoms with van der Waals surface area (Å²) in [4.78, 5) is 5.05. The van der Waals surface area contributed by atoms with E-state index < -0.39 is 0 Å². The summed E-state index contributed by atoms with van der Waals surface area (Å²) in [6, 6.07) is 13.7. The molecule has 0 N–H and O–H groups in total. The van der Waals surface area contributed by atoms with Gasteiger partial charge in [-0.05, 0) is 25.1 Å². The summed E-state index contributed by atoms with van der Waals surface area (Å²) in [5, 5.41) is 15.0. The van der Waals surface area contributed by atoms with Crippen molar-refractivity contribution in [1.82, 2.24) is 24.8 Å². The van der Waals surface area contributed by atoms with Crippen molar-refractivity contribution < 1.29 is 4.42 Å². The molecule has 7 heteroatoms. The van der Waals surface area contributed by atoms with E-state index in [1.165, 1.54) is 11.3 Å². The van der Waals surface area contributed by atoms with Gasteiger partial charge in [0, 0.05) is 17.1 Å². The van der Waals surface area contributed by atoms with Gasteiger partial charge < -0.3 is 4.42 Å². The Morgan fingerprint density at radius 3 is 2.75 bits per heavy atom. The lowest BCUT2D eigenvalue weighted by molar-refractivity contribution is 0.619. The number of aromatic nitrogens is 5. The van der Waals surface area contributed by atoms with Gasteiger partial charge in [-0.25, -0.2) is 0 Å². The number of pyridine rings is 1. The van der Waals surface area contributed by atoms with Gasteiger partial charge in [0.2, 0.25) is 10.8 Å². The van der Waals surface area contributed by atoms with Crippen molar-refractivity contribution in [3.05, 3.63) is 54.2 Å². The van der Waals surface area contributed by atoms with Gasteiger partial charge >= 0.3 is 0 Å². The molecule has 0 bridgehead atoms. The molecule has 0 aliphatic heterocycles. The molecule has 116 valence electrons. The molecule has 1 aromatic carbocycles. The molecule has 4 heterocycles. The van der Waals surface area contributed by atoms with Crippen LogP contribution in [0.2, 0.25) is 0 Å². The minimum absolute atomic E-state index is 0.608. The molecule has 5 rings (SSSR count). The first kappa shape index (κ1) is 13.4. The molecule has 0 saturated carbocycles. The van der Waals surface area contributed by atoms with Crippen LogP contribution in [0.15, 0.2) is 53.1 Å². The van der Waals surface area contributed by atoms with Crippen molar-refractivity contribution in [3.63, 3.8) is 0 Å². The Labute approximate surface area is 140 Å². The topological polar surface area (TPSA) is 69.1 Å². The third kappa shape index (κ3) is 1.88. The van der Waals surface area contributed by atoms with Crippen molar-refractivity contribution in [2.24, 2.45) is 0 Å². The summed E-state index contributed by atoms with van der Waals surface area (Å²) in [5.41, 5.74) is 2.69. The fraction of sp³-hybridized carbons (Fsp3) is 0.0588. The van der Waals surface area contributed by atoms with E-state index in [0.717, 1.165) is 27.2 Å². The fourth-order valence-electron chi connectivity index (χ4n) is 2.74. The number of para-hydroxylation sites is 1. The van der Waals surface area contributed by atoms with Gasteiger partial charge in [-0.3, -0.25) is 4.98 Å². The van der Waals surface area contributed by atoms with Gasteiger partial charge in [0.1, 0.15) is 11.3 Å². The molecule has 0 amide bonds. The normalized spacial score (nSPS) is 11.5. The summed E-state index contributed by atoms with van der Waals surface area (Å²) in [5.74, 6) is 1.30. The van der Waals surface area contributed by atoms with Crippen molar-refractivity contribution in [1.29, 1.82) is 0 Å². The van der Waals surface area contributed by atoms with Crippen LogP contribution in [0.3, 0.4) is 0 Å². The maximum absolute atomic E-state index is 5.99. The minimum Gasteiger partial charge on any atom is -0.452 e. The lowest BCUT2D eigenvalue weighted by atomic mass is 10.1. The van der Waals surface area contributed by atoms with Crippen LogP contribution >= 0.6 is 11.3 Å². The summed E-state index contributed by atoms with van der Waals surface area (Å²) in [7, 11) is 0. The van der Waals surface area contributed by atoms with E-state index in [4.69, 9.17) is 4.42 Å². The highest BCUT2D eigenvalue weighted by Crippen LogP contribution is 2.33. The molecule has 0 aliphatic rings. The highest BCUT2D eigenvalue weighted by atomic mass is 32.1. The Morgan fingerprint density at radius 2 is 1.92 bits per heavy atom. The van der Waals surface area contributed by atoms with Crippen molar-refractivity contribution >= 4 is 27.3 Å². The monoisotopic (exact) mass is 333 g/mol. The van der Waals surface area contributed by atoms with Gasteiger partial charge in [0.15, 0.2) is 10.8 Å². The molecule has 0 spiro atoms. The molecule has 0 unspecified atom stereocenters. The number of benzene rings is 1. The summed E-state index contributed by atoms with van der Waals surface area (Å²) in [6.07, 6.45) is 1.75. The van der Waals surface area contributed by atoms with Gasteiger partial charge in [-0.1, -0.05) is 35.6 Å². The lowest BCUT2D eigenvalue weighted by Crippen LogP contribution is -1.91. The maximum Gasteiger partial charge on any atom is 0.235 e. The van der Waals surface area contributed by atoms with E-state index in [1.54, 1.807) is 10.7 Å². The van der Waals surface area contributed by atoms with Gasteiger partial charge in [-0.15, -0.1) is 10.2 Å². The van der Waals surface area contributed by atoms with Crippen LogP contribution in [0.1, 0.15) is 5.56 Å². The number of fused-ring (bicyclic) bond motifs is 2. The lowest BCUT2D eigenvalue weighted by Gasteiger charge is -1.94. The third-order valence-corrected chi connectivity index (χ3v) is 4.84. The average Bonchev–Trinajstić information content (AvgIpc) is 3.29. The molecule has 0 fully saturated rings. The summed E-state index contributed by atoms with van der Waals surface area (Å²) < 4.78 is 7.71. The summed E-state index contributed by atoms with van der Waals surface area (Å²) in [6.45, 7) is 2.02. The van der Waals surface area contributed by atoms with E-state index in [2.05, 4.69) is 20.3 Å². The Hall–Kier alpha value is -3.06. The first-order valence-corrected chi connectivity index (χ1v) is 8.25. The molecule has 0 atom stereocenters. The van der Waals surface area contributed by atoms with Crippen LogP contribution in [0.4, 0.5) is 0 Å². The van der Waals surface area contributed by atoms with Crippen molar-refractivity contribution in [3.8, 4) is 22.3 Å². The predicted molar refractivity (Wildman–Crippen MR) is 91.8 cm³/mol. The number of furan rings is 1. The Kier molecular flexibility index (Phi) is 2.77. The Bertz CT molecular complexity index is 1170. The van der Waals surface area contributed by atoms with Gasteiger partial charge in [0.05, 0.1) is 0 Å². The van der Waals surface area contributed by atoms with Crippen LogP contribution < -0.4 is 0 Å². The minimum atomic E-state index is 0.608. The number of hydrogen-bond acceptors (Lipinski definition) is 6. The number of hydrogen-bond donors (Lipinski definition) is 0. The molecule has 0 aliphatic carbocycles. The molecule has 24 heavy (non-hydrogen) atoms. The standard InChI is InChI=1S/C17H11N5OS/c1-10-11-6-2-3-8-13(11)23-14(10)15-19-20-17-22(15)21-16(24-17)12-7-4-5-9-18-12/h2-9H,1H3. The number of rotatable bonds is 2. The second-order valence-electron chi connectivity index (χ2n) is 5.39. The zero-order chi connectivity index (χ0) is 16.1. The quantitative estimate of drug-likeness (QED) is 0.489. The van der Waals surface area contributed by atoms with Crippen LogP contribution in [-0.2, 0) is 0 Å². The predicted octanol–water partition coefficient (Wildman–Crippen LogP) is 3.97. The molecular formula is C17H11N5OS. The first-order valence-electron chi connectivity index (χ1n) is 7.43. The van der Waals surface area contributed by atoms with E-state index in [9.17, 15) is 0 Å². The Balaban J connectivity index is 1.72.